The van der Waals surface area contributed by atoms with Gasteiger partial charge < -0.3 is 9.73 Å². The summed E-state index contributed by atoms with van der Waals surface area (Å²) in [5.74, 6) is 2.58. The van der Waals surface area contributed by atoms with Crippen molar-refractivity contribution in [3.63, 3.8) is 0 Å². The Morgan fingerprint density at radius 1 is 1.45 bits per heavy atom. The molecule has 5 nitrogen and oxygen atoms in total. The Balaban J connectivity index is 1.42. The third-order valence-electron chi connectivity index (χ3n) is 3.75. The SMILES string of the molecule is CSCc1ccc(C(=O)NCCCn2nccc2C2CC2)o1. The van der Waals surface area contributed by atoms with Gasteiger partial charge in [0.25, 0.3) is 5.91 Å². The third-order valence-corrected chi connectivity index (χ3v) is 4.32. The minimum atomic E-state index is -0.143. The number of hydrogen-bond acceptors (Lipinski definition) is 4. The Kier molecular flexibility index (Phi) is 4.87. The van der Waals surface area contributed by atoms with Gasteiger partial charge in [-0.15, -0.1) is 0 Å². The second-order valence-electron chi connectivity index (χ2n) is 5.56. The lowest BCUT2D eigenvalue weighted by Crippen LogP contribution is -2.25. The van der Waals surface area contributed by atoms with E-state index in [9.17, 15) is 4.79 Å². The number of nitrogens with one attached hydrogen (secondary N) is 1. The summed E-state index contributed by atoms with van der Waals surface area (Å²) in [4.78, 5) is 12.0. The van der Waals surface area contributed by atoms with Crippen LogP contribution in [0.5, 0.6) is 0 Å². The van der Waals surface area contributed by atoms with Gasteiger partial charge in [0.05, 0.1) is 5.75 Å². The van der Waals surface area contributed by atoms with E-state index in [0.717, 1.165) is 24.5 Å². The summed E-state index contributed by atoms with van der Waals surface area (Å²) in [6, 6.07) is 5.70. The Morgan fingerprint density at radius 3 is 3.09 bits per heavy atom. The van der Waals surface area contributed by atoms with Crippen molar-refractivity contribution in [1.29, 1.82) is 0 Å². The van der Waals surface area contributed by atoms with Crippen molar-refractivity contribution in [2.24, 2.45) is 0 Å². The van der Waals surface area contributed by atoms with Gasteiger partial charge >= 0.3 is 0 Å². The number of nitrogens with zero attached hydrogens (tertiary/aromatic N) is 2. The Morgan fingerprint density at radius 2 is 2.32 bits per heavy atom. The van der Waals surface area contributed by atoms with Crippen molar-refractivity contribution in [2.45, 2.75) is 37.5 Å². The van der Waals surface area contributed by atoms with Crippen molar-refractivity contribution < 1.29 is 9.21 Å². The molecule has 22 heavy (non-hydrogen) atoms. The van der Waals surface area contributed by atoms with Crippen LogP contribution in [0.25, 0.3) is 0 Å². The number of aromatic nitrogens is 2. The smallest absolute Gasteiger partial charge is 0.286 e. The summed E-state index contributed by atoms with van der Waals surface area (Å²) < 4.78 is 7.56. The van der Waals surface area contributed by atoms with Crippen molar-refractivity contribution >= 4 is 17.7 Å². The molecule has 3 rings (SSSR count). The molecule has 1 saturated carbocycles. The Labute approximate surface area is 134 Å². The third kappa shape index (κ3) is 3.74. The minimum Gasteiger partial charge on any atom is -0.455 e. The van der Waals surface area contributed by atoms with Crippen LogP contribution >= 0.6 is 11.8 Å². The number of rotatable bonds is 8. The highest BCUT2D eigenvalue weighted by Crippen LogP contribution is 2.39. The van der Waals surface area contributed by atoms with Gasteiger partial charge in [0.15, 0.2) is 5.76 Å². The molecule has 2 aromatic heterocycles. The van der Waals surface area contributed by atoms with Crippen LogP contribution in [0.15, 0.2) is 28.8 Å². The standard InChI is InChI=1S/C16H21N3O2S/c1-22-11-13-5-6-15(21-13)16(20)17-8-2-10-19-14(7-9-18-19)12-3-4-12/h5-7,9,12H,2-4,8,10-11H2,1H3,(H,17,20). The fraction of sp³-hybridized carbons (Fsp3) is 0.500. The van der Waals surface area contributed by atoms with Crippen LogP contribution in [0.3, 0.4) is 0 Å². The average molecular weight is 319 g/mol. The molecule has 2 aromatic rings. The molecule has 1 N–H and O–H groups in total. The number of furan rings is 1. The fourth-order valence-electron chi connectivity index (χ4n) is 2.49. The second kappa shape index (κ2) is 7.05. The molecule has 1 amide bonds. The zero-order chi connectivity index (χ0) is 15.4. The lowest BCUT2D eigenvalue weighted by atomic mass is 10.3. The Bertz CT molecular complexity index is 631. The van der Waals surface area contributed by atoms with Gasteiger partial charge in [-0.2, -0.15) is 16.9 Å². The molecule has 6 heteroatoms. The zero-order valence-electron chi connectivity index (χ0n) is 12.7. The van der Waals surface area contributed by atoms with Crippen LogP contribution in [0.4, 0.5) is 0 Å². The number of thioether (sulfide) groups is 1. The van der Waals surface area contributed by atoms with Crippen LogP contribution in [0.1, 0.15) is 47.2 Å². The van der Waals surface area contributed by atoms with E-state index in [4.69, 9.17) is 4.42 Å². The van der Waals surface area contributed by atoms with Crippen LogP contribution in [-0.2, 0) is 12.3 Å². The average Bonchev–Trinajstić information content (AvgIpc) is 3.07. The van der Waals surface area contributed by atoms with Crippen molar-refractivity contribution in [3.8, 4) is 0 Å². The molecule has 0 radical (unpaired) electrons. The maximum atomic E-state index is 12.0. The van der Waals surface area contributed by atoms with Crippen molar-refractivity contribution in [2.75, 3.05) is 12.8 Å². The summed E-state index contributed by atoms with van der Waals surface area (Å²) in [5, 5.41) is 7.26. The number of amides is 1. The van der Waals surface area contributed by atoms with Gasteiger partial charge in [-0.3, -0.25) is 9.48 Å². The summed E-state index contributed by atoms with van der Waals surface area (Å²) >= 11 is 1.67. The summed E-state index contributed by atoms with van der Waals surface area (Å²) in [6.45, 7) is 1.47. The minimum absolute atomic E-state index is 0.143. The van der Waals surface area contributed by atoms with Gasteiger partial charge in [0.2, 0.25) is 0 Å². The quantitative estimate of drug-likeness (QED) is 0.760. The first-order chi connectivity index (χ1) is 10.8. The molecular formula is C16H21N3O2S. The molecule has 0 unspecified atom stereocenters. The van der Waals surface area contributed by atoms with Crippen LogP contribution in [0, 0.1) is 0 Å². The molecule has 0 saturated heterocycles. The maximum Gasteiger partial charge on any atom is 0.286 e. The largest absolute Gasteiger partial charge is 0.455 e. The van der Waals surface area contributed by atoms with E-state index in [1.807, 2.05) is 18.5 Å². The number of carbonyl (C=O) groups excluding carboxylic acids is 1. The zero-order valence-corrected chi connectivity index (χ0v) is 13.6. The van der Waals surface area contributed by atoms with Crippen LogP contribution < -0.4 is 5.32 Å². The van der Waals surface area contributed by atoms with E-state index in [2.05, 4.69) is 21.2 Å². The van der Waals surface area contributed by atoms with E-state index in [1.165, 1.54) is 18.5 Å². The Hall–Kier alpha value is -1.69. The van der Waals surface area contributed by atoms with Crippen LogP contribution in [-0.4, -0.2) is 28.5 Å². The highest BCUT2D eigenvalue weighted by Gasteiger charge is 2.26. The predicted octanol–water partition coefficient (Wildman–Crippen LogP) is 3.04. The van der Waals surface area contributed by atoms with E-state index >= 15 is 0 Å². The summed E-state index contributed by atoms with van der Waals surface area (Å²) in [5.41, 5.74) is 1.33. The normalized spacial score (nSPS) is 14.2. The second-order valence-corrected chi connectivity index (χ2v) is 6.43. The summed E-state index contributed by atoms with van der Waals surface area (Å²) in [6.07, 6.45) is 7.29. The molecule has 2 heterocycles. The molecular weight excluding hydrogens is 298 g/mol. The lowest BCUT2D eigenvalue weighted by molar-refractivity contribution is 0.0923. The topological polar surface area (TPSA) is 60.1 Å². The molecule has 0 spiro atoms. The van der Waals surface area contributed by atoms with E-state index in [1.54, 1.807) is 17.8 Å². The first-order valence-corrected chi connectivity index (χ1v) is 9.05. The maximum absolute atomic E-state index is 12.0. The molecule has 0 aromatic carbocycles. The summed E-state index contributed by atoms with van der Waals surface area (Å²) in [7, 11) is 0. The number of aryl methyl sites for hydroxylation is 1. The van der Waals surface area contributed by atoms with Gasteiger partial charge in [0, 0.05) is 30.9 Å². The van der Waals surface area contributed by atoms with E-state index in [0.29, 0.717) is 18.2 Å². The monoisotopic (exact) mass is 319 g/mol. The van der Waals surface area contributed by atoms with Gasteiger partial charge in [-0.25, -0.2) is 0 Å². The molecule has 0 bridgehead atoms. The number of hydrogen-bond donors (Lipinski definition) is 1. The molecule has 118 valence electrons. The molecule has 1 aliphatic rings. The predicted molar refractivity (Wildman–Crippen MR) is 87.1 cm³/mol. The molecule has 1 aliphatic carbocycles. The van der Waals surface area contributed by atoms with E-state index < -0.39 is 0 Å². The molecule has 0 aliphatic heterocycles. The first-order valence-electron chi connectivity index (χ1n) is 7.65. The van der Waals surface area contributed by atoms with Gasteiger partial charge in [-0.1, -0.05) is 0 Å². The first kappa shape index (κ1) is 15.2. The highest BCUT2D eigenvalue weighted by atomic mass is 32.2. The fourth-order valence-corrected chi connectivity index (χ4v) is 2.93. The highest BCUT2D eigenvalue weighted by molar-refractivity contribution is 7.97. The van der Waals surface area contributed by atoms with Gasteiger partial charge in [0.1, 0.15) is 5.76 Å². The molecule has 1 fully saturated rings. The van der Waals surface area contributed by atoms with E-state index in [-0.39, 0.29) is 5.91 Å². The molecule has 0 atom stereocenters. The van der Waals surface area contributed by atoms with Crippen LogP contribution in [0.2, 0.25) is 0 Å². The number of carbonyl (C=O) groups is 1. The lowest BCUT2D eigenvalue weighted by Gasteiger charge is -2.07. The van der Waals surface area contributed by atoms with Crippen molar-refractivity contribution in [1.82, 2.24) is 15.1 Å². The van der Waals surface area contributed by atoms with Crippen molar-refractivity contribution in [3.05, 3.63) is 41.6 Å². The van der Waals surface area contributed by atoms with Gasteiger partial charge in [-0.05, 0) is 43.7 Å².